The molecule has 1 aromatic heterocycles. The van der Waals surface area contributed by atoms with Crippen molar-refractivity contribution in [3.05, 3.63) is 11.3 Å². The molecule has 44 valence electrons. The smallest absolute Gasteiger partial charge is 0.129 e. The normalized spacial score (nSPS) is 13.8. The van der Waals surface area contributed by atoms with Crippen LogP contribution in [0.4, 0.5) is 0 Å². The average molecular weight is 146 g/mol. The monoisotopic (exact) mass is 146 g/mol. The van der Waals surface area contributed by atoms with Crippen LogP contribution >= 0.6 is 24.2 Å². The summed E-state index contributed by atoms with van der Waals surface area (Å²) < 4.78 is 3.83. The van der Waals surface area contributed by atoms with Gasteiger partial charge in [0.1, 0.15) is 11.3 Å². The van der Waals surface area contributed by atoms with E-state index in [0.29, 0.717) is 0 Å². The van der Waals surface area contributed by atoms with Gasteiger partial charge in [0.2, 0.25) is 0 Å². The van der Waals surface area contributed by atoms with Crippen LogP contribution in [-0.4, -0.2) is 9.36 Å². The Morgan fingerprint density at radius 1 is 1.88 bits per heavy atom. The first kappa shape index (κ1) is 6.04. The molecular weight excluding hydrogens is 140 g/mol. The zero-order valence-corrected chi connectivity index (χ0v) is 6.12. The van der Waals surface area contributed by atoms with Crippen molar-refractivity contribution in [1.29, 1.82) is 0 Å². The maximum Gasteiger partial charge on any atom is 0.129 e. The number of nitrogens with zero attached hydrogens (tertiary/aromatic N) is 2. The average Bonchev–Trinajstić information content (AvgIpc) is 2.12. The number of thiol groups is 1. The van der Waals surface area contributed by atoms with Gasteiger partial charge >= 0.3 is 0 Å². The molecule has 0 bridgehead atoms. The molecule has 0 saturated heterocycles. The molecule has 0 radical (unpaired) electrons. The molecule has 0 fully saturated rings. The molecule has 1 aromatic rings. The first-order valence-corrected chi connectivity index (χ1v) is 3.54. The lowest BCUT2D eigenvalue weighted by molar-refractivity contribution is 1.07. The highest BCUT2D eigenvalue weighted by molar-refractivity contribution is 7.80. The van der Waals surface area contributed by atoms with Crippen LogP contribution in [0.5, 0.6) is 0 Å². The molecule has 0 saturated carbocycles. The van der Waals surface area contributed by atoms with Gasteiger partial charge in [-0.25, -0.2) is 4.98 Å². The second-order valence-electron chi connectivity index (χ2n) is 1.46. The molecule has 0 aliphatic rings. The largest absolute Gasteiger partial charge is 0.227 e. The van der Waals surface area contributed by atoms with Gasteiger partial charge in [0.25, 0.3) is 0 Å². The highest BCUT2D eigenvalue weighted by Gasteiger charge is 2.00. The quantitative estimate of drug-likeness (QED) is 0.608. The zero-order chi connectivity index (χ0) is 5.98. The van der Waals surface area contributed by atoms with Crippen LogP contribution in [0, 0.1) is 0 Å². The summed E-state index contributed by atoms with van der Waals surface area (Å²) in [4.78, 5) is 3.95. The number of rotatable bonds is 1. The molecule has 1 unspecified atom stereocenters. The van der Waals surface area contributed by atoms with Crippen molar-refractivity contribution in [1.82, 2.24) is 9.36 Å². The first-order chi connectivity index (χ1) is 3.80. The van der Waals surface area contributed by atoms with Crippen molar-refractivity contribution in [3.63, 3.8) is 0 Å². The zero-order valence-electron chi connectivity index (χ0n) is 4.40. The molecule has 0 amide bonds. The van der Waals surface area contributed by atoms with E-state index < -0.39 is 0 Å². The third-order valence-electron chi connectivity index (χ3n) is 0.736. The van der Waals surface area contributed by atoms with Crippen LogP contribution in [0.15, 0.2) is 6.33 Å². The maximum absolute atomic E-state index is 4.16. The molecular formula is C4H6N2S2. The van der Waals surface area contributed by atoms with E-state index in [0.717, 1.165) is 5.01 Å². The van der Waals surface area contributed by atoms with E-state index in [1.54, 1.807) is 6.33 Å². The van der Waals surface area contributed by atoms with Crippen molar-refractivity contribution in [2.45, 2.75) is 12.2 Å². The van der Waals surface area contributed by atoms with E-state index >= 15 is 0 Å². The third-order valence-corrected chi connectivity index (χ3v) is 2.00. The van der Waals surface area contributed by atoms with Crippen molar-refractivity contribution >= 4 is 24.2 Å². The Labute approximate surface area is 57.5 Å². The number of hydrogen-bond acceptors (Lipinski definition) is 4. The number of aromatic nitrogens is 2. The number of hydrogen-bond donors (Lipinski definition) is 1. The minimum Gasteiger partial charge on any atom is -0.227 e. The second-order valence-corrected chi connectivity index (χ2v) is 3.04. The standard InChI is InChI=1S/C4H6N2S2/c1-3(7)4-5-2-6-8-4/h2-3,7H,1H3. The Hall–Kier alpha value is -0.0900. The Morgan fingerprint density at radius 3 is 2.88 bits per heavy atom. The van der Waals surface area contributed by atoms with Gasteiger partial charge in [-0.1, -0.05) is 0 Å². The minimum atomic E-state index is 0.225. The van der Waals surface area contributed by atoms with Crippen molar-refractivity contribution in [3.8, 4) is 0 Å². The van der Waals surface area contributed by atoms with E-state index in [1.807, 2.05) is 6.92 Å². The van der Waals surface area contributed by atoms with E-state index in [1.165, 1.54) is 11.5 Å². The Bertz CT molecular complexity index is 147. The van der Waals surface area contributed by atoms with E-state index in [4.69, 9.17) is 0 Å². The lowest BCUT2D eigenvalue weighted by atomic mass is 10.5. The maximum atomic E-state index is 4.16. The summed E-state index contributed by atoms with van der Waals surface area (Å²) in [5.74, 6) is 0. The summed E-state index contributed by atoms with van der Waals surface area (Å²) in [6, 6.07) is 0. The lowest BCUT2D eigenvalue weighted by Crippen LogP contribution is -1.78. The van der Waals surface area contributed by atoms with Crippen molar-refractivity contribution < 1.29 is 0 Å². The van der Waals surface area contributed by atoms with Gasteiger partial charge in [-0.3, -0.25) is 0 Å². The molecule has 0 N–H and O–H groups in total. The van der Waals surface area contributed by atoms with Gasteiger partial charge in [0, 0.05) is 0 Å². The molecule has 8 heavy (non-hydrogen) atoms. The fraction of sp³-hybridized carbons (Fsp3) is 0.500. The predicted molar refractivity (Wildman–Crippen MR) is 37.3 cm³/mol. The second kappa shape index (κ2) is 2.46. The Balaban J connectivity index is 2.77. The van der Waals surface area contributed by atoms with Crippen molar-refractivity contribution in [2.75, 3.05) is 0 Å². The van der Waals surface area contributed by atoms with Gasteiger partial charge < -0.3 is 0 Å². The van der Waals surface area contributed by atoms with Crippen LogP contribution in [-0.2, 0) is 0 Å². The summed E-state index contributed by atoms with van der Waals surface area (Å²) in [6.07, 6.45) is 1.55. The molecule has 0 aliphatic carbocycles. The van der Waals surface area contributed by atoms with Gasteiger partial charge in [0.15, 0.2) is 0 Å². The lowest BCUT2D eigenvalue weighted by Gasteiger charge is -1.91. The van der Waals surface area contributed by atoms with Gasteiger partial charge in [0.05, 0.1) is 5.25 Å². The topological polar surface area (TPSA) is 25.8 Å². The summed E-state index contributed by atoms with van der Waals surface area (Å²) in [5.41, 5.74) is 0. The van der Waals surface area contributed by atoms with Crippen LogP contribution in [0.25, 0.3) is 0 Å². The van der Waals surface area contributed by atoms with Crippen molar-refractivity contribution in [2.24, 2.45) is 0 Å². The Morgan fingerprint density at radius 2 is 2.62 bits per heavy atom. The van der Waals surface area contributed by atoms with Crippen LogP contribution in [0.3, 0.4) is 0 Å². The minimum absolute atomic E-state index is 0.225. The fourth-order valence-corrected chi connectivity index (χ4v) is 1.02. The summed E-state index contributed by atoms with van der Waals surface area (Å²) in [7, 11) is 0. The molecule has 0 aromatic carbocycles. The summed E-state index contributed by atoms with van der Waals surface area (Å²) in [6.45, 7) is 1.98. The summed E-state index contributed by atoms with van der Waals surface area (Å²) >= 11 is 5.56. The third kappa shape index (κ3) is 1.20. The van der Waals surface area contributed by atoms with Gasteiger partial charge in [-0.05, 0) is 18.5 Å². The molecule has 0 spiro atoms. The van der Waals surface area contributed by atoms with Gasteiger partial charge in [-0.15, -0.1) is 0 Å². The predicted octanol–water partition coefficient (Wildman–Crippen LogP) is 1.53. The molecule has 1 atom stereocenters. The Kier molecular flexibility index (Phi) is 1.85. The molecule has 1 rings (SSSR count). The molecule has 1 heterocycles. The van der Waals surface area contributed by atoms with Crippen LogP contribution in [0.2, 0.25) is 0 Å². The molecule has 2 nitrogen and oxygen atoms in total. The van der Waals surface area contributed by atoms with E-state index in [-0.39, 0.29) is 5.25 Å². The van der Waals surface area contributed by atoms with Crippen LogP contribution < -0.4 is 0 Å². The highest BCUT2D eigenvalue weighted by Crippen LogP contribution is 2.17. The fourth-order valence-electron chi connectivity index (χ4n) is 0.366. The molecule has 0 aliphatic heterocycles. The van der Waals surface area contributed by atoms with E-state index in [9.17, 15) is 0 Å². The first-order valence-electron chi connectivity index (χ1n) is 2.25. The van der Waals surface area contributed by atoms with E-state index in [2.05, 4.69) is 22.0 Å². The highest BCUT2D eigenvalue weighted by atomic mass is 32.1. The van der Waals surface area contributed by atoms with Crippen LogP contribution in [0.1, 0.15) is 17.2 Å². The van der Waals surface area contributed by atoms with Gasteiger partial charge in [-0.2, -0.15) is 17.0 Å². The SMILES string of the molecule is CC(S)c1ncns1. The summed E-state index contributed by atoms with van der Waals surface area (Å²) in [5, 5.41) is 1.20. The molecule has 4 heteroatoms.